The summed E-state index contributed by atoms with van der Waals surface area (Å²) in [7, 11) is 1.24. The zero-order valence-electron chi connectivity index (χ0n) is 23.5. The number of ether oxygens (including phenoxy) is 1. The van der Waals surface area contributed by atoms with Crippen molar-refractivity contribution < 1.29 is 29.0 Å². The van der Waals surface area contributed by atoms with Crippen LogP contribution in [0.25, 0.3) is 0 Å². The first kappa shape index (κ1) is 30.8. The third kappa shape index (κ3) is 8.64. The maximum Gasteiger partial charge on any atom is 0.328 e. The Morgan fingerprint density at radius 1 is 0.825 bits per heavy atom. The van der Waals surface area contributed by atoms with Gasteiger partial charge in [0.15, 0.2) is 0 Å². The van der Waals surface area contributed by atoms with Crippen LogP contribution >= 0.6 is 0 Å². The van der Waals surface area contributed by atoms with E-state index in [-0.39, 0.29) is 12.3 Å². The maximum absolute atomic E-state index is 13.7. The molecule has 2 aromatic carbocycles. The van der Waals surface area contributed by atoms with Crippen molar-refractivity contribution in [3.8, 4) is 0 Å². The molecule has 216 valence electrons. The second-order valence-corrected chi connectivity index (χ2v) is 10.9. The molecule has 1 aliphatic rings. The van der Waals surface area contributed by atoms with Crippen LogP contribution in [-0.2, 0) is 25.5 Å². The van der Waals surface area contributed by atoms with Gasteiger partial charge in [0.2, 0.25) is 11.8 Å². The van der Waals surface area contributed by atoms with Crippen molar-refractivity contribution in [2.45, 2.75) is 82.5 Å². The standard InChI is InChI=1S/C31H41N3O6/c1-21(2)19-24(32-27(35)23-15-9-5-10-16-23)28(36)34-26(31(39)17-11-6-12-18-31)29(37)33-25(30(38)40-3)20-22-13-7-4-8-14-22/h4-5,7-10,13-16,21,24-26,39H,6,11-12,17-20H2,1-3H3,(H,32,35)(H,33,37)(H,34,36)/t24-,25-,26+/m0/s1. The Kier molecular flexibility index (Phi) is 11.3. The normalized spacial score (nSPS) is 16.7. The summed E-state index contributed by atoms with van der Waals surface area (Å²) in [6, 6.07) is 14.5. The molecule has 3 amide bonds. The molecule has 0 spiro atoms. The fourth-order valence-electron chi connectivity index (χ4n) is 5.11. The lowest BCUT2D eigenvalue weighted by atomic mass is 9.78. The molecule has 2 aromatic rings. The van der Waals surface area contributed by atoms with Gasteiger partial charge in [-0.2, -0.15) is 0 Å². The average Bonchev–Trinajstić information content (AvgIpc) is 2.95. The van der Waals surface area contributed by atoms with Gasteiger partial charge >= 0.3 is 5.97 Å². The molecule has 0 saturated heterocycles. The summed E-state index contributed by atoms with van der Waals surface area (Å²) in [6.45, 7) is 3.86. The van der Waals surface area contributed by atoms with Crippen LogP contribution in [0.3, 0.4) is 0 Å². The first-order chi connectivity index (χ1) is 19.1. The molecule has 0 aliphatic heterocycles. The van der Waals surface area contributed by atoms with Gasteiger partial charge < -0.3 is 25.8 Å². The first-order valence-corrected chi connectivity index (χ1v) is 13.9. The fourth-order valence-corrected chi connectivity index (χ4v) is 5.11. The number of benzene rings is 2. The predicted molar refractivity (Wildman–Crippen MR) is 151 cm³/mol. The quantitative estimate of drug-likeness (QED) is 0.300. The Morgan fingerprint density at radius 2 is 1.43 bits per heavy atom. The zero-order valence-corrected chi connectivity index (χ0v) is 23.5. The highest BCUT2D eigenvalue weighted by molar-refractivity contribution is 5.98. The van der Waals surface area contributed by atoms with Crippen LogP contribution < -0.4 is 16.0 Å². The van der Waals surface area contributed by atoms with Gasteiger partial charge in [-0.05, 0) is 42.9 Å². The summed E-state index contributed by atoms with van der Waals surface area (Å²) in [4.78, 5) is 52.8. The summed E-state index contributed by atoms with van der Waals surface area (Å²) in [6.07, 6.45) is 3.45. The monoisotopic (exact) mass is 551 g/mol. The molecular weight excluding hydrogens is 510 g/mol. The van der Waals surface area contributed by atoms with Crippen molar-refractivity contribution in [2.75, 3.05) is 7.11 Å². The summed E-state index contributed by atoms with van der Waals surface area (Å²) in [5, 5.41) is 19.8. The lowest BCUT2D eigenvalue weighted by molar-refractivity contribution is -0.147. The molecule has 3 atom stereocenters. The second-order valence-electron chi connectivity index (χ2n) is 10.9. The number of amides is 3. The van der Waals surface area contributed by atoms with E-state index < -0.39 is 47.4 Å². The largest absolute Gasteiger partial charge is 0.467 e. The highest BCUT2D eigenvalue weighted by atomic mass is 16.5. The van der Waals surface area contributed by atoms with Gasteiger partial charge in [-0.3, -0.25) is 14.4 Å². The molecular formula is C31H41N3O6. The Hall–Kier alpha value is -3.72. The number of hydrogen-bond donors (Lipinski definition) is 4. The number of nitrogens with one attached hydrogen (secondary N) is 3. The van der Waals surface area contributed by atoms with Crippen LogP contribution in [0.1, 0.15) is 68.3 Å². The van der Waals surface area contributed by atoms with E-state index in [4.69, 9.17) is 4.74 Å². The predicted octanol–water partition coefficient (Wildman–Crippen LogP) is 2.91. The van der Waals surface area contributed by atoms with Crippen LogP contribution in [0.2, 0.25) is 0 Å². The maximum atomic E-state index is 13.7. The van der Waals surface area contributed by atoms with E-state index in [2.05, 4.69) is 16.0 Å². The number of methoxy groups -OCH3 is 1. The molecule has 0 bridgehead atoms. The van der Waals surface area contributed by atoms with E-state index in [1.807, 2.05) is 44.2 Å². The molecule has 4 N–H and O–H groups in total. The van der Waals surface area contributed by atoms with Crippen LogP contribution in [0.4, 0.5) is 0 Å². The fraction of sp³-hybridized carbons (Fsp3) is 0.484. The van der Waals surface area contributed by atoms with Gasteiger partial charge in [0.25, 0.3) is 5.91 Å². The number of rotatable bonds is 12. The van der Waals surface area contributed by atoms with Crippen molar-refractivity contribution in [1.29, 1.82) is 0 Å². The molecule has 1 aliphatic carbocycles. The van der Waals surface area contributed by atoms with E-state index in [0.29, 0.717) is 37.7 Å². The summed E-state index contributed by atoms with van der Waals surface area (Å²) in [5.74, 6) is -2.24. The van der Waals surface area contributed by atoms with Crippen LogP contribution in [0.5, 0.6) is 0 Å². The number of esters is 1. The third-order valence-electron chi connectivity index (χ3n) is 7.26. The van der Waals surface area contributed by atoms with Crippen molar-refractivity contribution in [2.24, 2.45) is 5.92 Å². The molecule has 3 rings (SSSR count). The lowest BCUT2D eigenvalue weighted by Crippen LogP contribution is -2.64. The SMILES string of the molecule is COC(=O)[C@H](Cc1ccccc1)NC(=O)[C@@H](NC(=O)[C@H](CC(C)C)NC(=O)c1ccccc1)C1(O)CCCCC1. The highest BCUT2D eigenvalue weighted by Gasteiger charge is 2.45. The van der Waals surface area contributed by atoms with E-state index in [9.17, 15) is 24.3 Å². The smallest absolute Gasteiger partial charge is 0.328 e. The van der Waals surface area contributed by atoms with Crippen LogP contribution in [0, 0.1) is 5.92 Å². The summed E-state index contributed by atoms with van der Waals surface area (Å²) in [5.41, 5.74) is -0.279. The molecule has 1 fully saturated rings. The van der Waals surface area contributed by atoms with E-state index in [1.165, 1.54) is 7.11 Å². The molecule has 0 radical (unpaired) electrons. The molecule has 0 heterocycles. The zero-order chi connectivity index (χ0) is 29.1. The van der Waals surface area contributed by atoms with Gasteiger partial charge in [0.05, 0.1) is 12.7 Å². The van der Waals surface area contributed by atoms with Gasteiger partial charge in [-0.15, -0.1) is 0 Å². The van der Waals surface area contributed by atoms with Crippen molar-refractivity contribution in [1.82, 2.24) is 16.0 Å². The molecule has 0 aromatic heterocycles. The average molecular weight is 552 g/mol. The van der Waals surface area contributed by atoms with Gasteiger partial charge in [0.1, 0.15) is 18.1 Å². The second kappa shape index (κ2) is 14.6. The summed E-state index contributed by atoms with van der Waals surface area (Å²) < 4.78 is 4.93. The van der Waals surface area contributed by atoms with Crippen molar-refractivity contribution >= 4 is 23.7 Å². The highest BCUT2D eigenvalue weighted by Crippen LogP contribution is 2.31. The van der Waals surface area contributed by atoms with Gasteiger partial charge in [0, 0.05) is 12.0 Å². The topological polar surface area (TPSA) is 134 Å². The van der Waals surface area contributed by atoms with Gasteiger partial charge in [-0.1, -0.05) is 81.6 Å². The van der Waals surface area contributed by atoms with E-state index in [1.54, 1.807) is 30.3 Å². The van der Waals surface area contributed by atoms with E-state index in [0.717, 1.165) is 12.0 Å². The minimum Gasteiger partial charge on any atom is -0.467 e. The van der Waals surface area contributed by atoms with Crippen LogP contribution in [0.15, 0.2) is 60.7 Å². The number of hydrogen-bond acceptors (Lipinski definition) is 6. The number of aliphatic hydroxyl groups is 1. The third-order valence-corrected chi connectivity index (χ3v) is 7.26. The Labute approximate surface area is 236 Å². The Morgan fingerprint density at radius 3 is 2.00 bits per heavy atom. The molecule has 0 unspecified atom stereocenters. The molecule has 9 heteroatoms. The Bertz CT molecular complexity index is 1130. The van der Waals surface area contributed by atoms with Crippen LogP contribution in [-0.4, -0.2) is 59.6 Å². The first-order valence-electron chi connectivity index (χ1n) is 13.9. The molecule has 1 saturated carbocycles. The minimum atomic E-state index is -1.50. The molecule has 40 heavy (non-hydrogen) atoms. The van der Waals surface area contributed by atoms with E-state index >= 15 is 0 Å². The molecule has 9 nitrogen and oxygen atoms in total. The number of carbonyl (C=O) groups is 4. The lowest BCUT2D eigenvalue weighted by Gasteiger charge is -2.39. The summed E-state index contributed by atoms with van der Waals surface area (Å²) >= 11 is 0. The minimum absolute atomic E-state index is 0.0615. The van der Waals surface area contributed by atoms with Crippen molar-refractivity contribution in [3.63, 3.8) is 0 Å². The number of carbonyl (C=O) groups excluding carboxylic acids is 4. The van der Waals surface area contributed by atoms with Crippen molar-refractivity contribution in [3.05, 3.63) is 71.8 Å². The van der Waals surface area contributed by atoms with Gasteiger partial charge in [-0.25, -0.2) is 4.79 Å². The Balaban J connectivity index is 1.84.